The Kier molecular flexibility index (Phi) is 8.49. The van der Waals surface area contributed by atoms with Crippen molar-refractivity contribution >= 4 is 56.1 Å². The first-order valence-corrected chi connectivity index (χ1v) is 24.6. The molecule has 0 bridgehead atoms. The van der Waals surface area contributed by atoms with E-state index >= 15 is 0 Å². The number of rotatable bonds is 6. The average Bonchev–Trinajstić information content (AvgIpc) is 4.07. The highest BCUT2D eigenvalue weighted by Crippen LogP contribution is 2.64. The second kappa shape index (κ2) is 15.2. The Hall–Kier alpha value is -9.18. The third kappa shape index (κ3) is 5.43. The molecule has 0 N–H and O–H groups in total. The fourth-order valence-electron chi connectivity index (χ4n) is 13.0. The van der Waals surface area contributed by atoms with Crippen LogP contribution in [-0.2, 0) is 10.8 Å². The van der Waals surface area contributed by atoms with E-state index in [2.05, 4.69) is 271 Å². The van der Waals surface area contributed by atoms with E-state index in [1.807, 2.05) is 6.07 Å². The van der Waals surface area contributed by atoms with Crippen LogP contribution >= 0.6 is 0 Å². The van der Waals surface area contributed by atoms with Crippen molar-refractivity contribution in [3.05, 3.63) is 311 Å². The van der Waals surface area contributed by atoms with Gasteiger partial charge in [-0.05, 0) is 140 Å². The van der Waals surface area contributed by atoms with Gasteiger partial charge in [-0.2, -0.15) is 0 Å². The summed E-state index contributed by atoms with van der Waals surface area (Å²) in [5.41, 5.74) is 22.4. The summed E-state index contributed by atoms with van der Waals surface area (Å²) in [6.07, 6.45) is 0. The highest BCUT2D eigenvalue weighted by atomic mass is 16.3. The molecule has 71 heavy (non-hydrogen) atoms. The molecule has 2 aliphatic carbocycles. The minimum atomic E-state index is -0.619. The summed E-state index contributed by atoms with van der Waals surface area (Å²) in [5.74, 6) is 0. The van der Waals surface area contributed by atoms with Crippen LogP contribution in [0, 0.1) is 0 Å². The van der Waals surface area contributed by atoms with Crippen molar-refractivity contribution in [2.24, 2.45) is 0 Å². The zero-order chi connectivity index (χ0) is 46.7. The molecule has 0 unspecified atom stereocenters. The summed E-state index contributed by atoms with van der Waals surface area (Å²) in [6.45, 7) is 0. The van der Waals surface area contributed by atoms with Crippen molar-refractivity contribution < 1.29 is 4.42 Å². The minimum absolute atomic E-state index is 0.565. The molecule has 3 nitrogen and oxygen atoms in total. The highest BCUT2D eigenvalue weighted by Gasteiger charge is 2.52. The zero-order valence-corrected chi connectivity index (χ0v) is 38.7. The van der Waals surface area contributed by atoms with Crippen molar-refractivity contribution in [2.45, 2.75) is 10.8 Å². The standard InChI is InChI=1S/C68H44N2O/c1-4-20-45(21-5-1)67(46-22-6-2-7-23-46)57-29-13-10-26-51(57)53-39-36-49(43-61(53)67)69(48-38-41-66-56(42-48)55-28-12-19-35-65(55)71-66)50-37-40-54-52-27-11-14-30-58(52)68(62(54)44-50)59-31-15-17-33-63(59)70(47-24-8-3-9-25-47)64-34-18-16-32-60(64)68/h1-44H. The quantitative estimate of drug-likeness (QED) is 0.166. The number of furan rings is 1. The molecule has 0 atom stereocenters. The molecule has 0 saturated carbocycles. The van der Waals surface area contributed by atoms with Gasteiger partial charge in [0.05, 0.1) is 22.2 Å². The Labute approximate surface area is 412 Å². The van der Waals surface area contributed by atoms with Crippen molar-refractivity contribution in [2.75, 3.05) is 9.80 Å². The molecule has 1 aromatic heterocycles. The number of para-hydroxylation sites is 4. The van der Waals surface area contributed by atoms with Crippen LogP contribution in [0.4, 0.5) is 34.1 Å². The van der Waals surface area contributed by atoms with E-state index in [-0.39, 0.29) is 0 Å². The SMILES string of the molecule is c1ccc(N2c3ccccc3C3(c4ccccc4-c4ccc(N(c5ccc6c(c5)C(c5ccccc5)(c5ccccc5)c5ccccc5-6)c5ccc6oc7ccccc7c6c5)cc43)c3ccccc32)cc1. The molecule has 332 valence electrons. The monoisotopic (exact) mass is 904 g/mol. The third-order valence-electron chi connectivity index (χ3n) is 15.7. The zero-order valence-electron chi connectivity index (χ0n) is 38.7. The maximum absolute atomic E-state index is 6.48. The molecule has 2 heterocycles. The second-order valence-corrected chi connectivity index (χ2v) is 19.1. The van der Waals surface area contributed by atoms with E-state index in [1.165, 1.54) is 78.1 Å². The Morgan fingerprint density at radius 1 is 0.296 bits per heavy atom. The molecule has 3 aliphatic rings. The van der Waals surface area contributed by atoms with Crippen LogP contribution in [0.2, 0.25) is 0 Å². The van der Waals surface area contributed by atoms with Crippen LogP contribution in [0.25, 0.3) is 44.2 Å². The summed E-state index contributed by atoms with van der Waals surface area (Å²) in [6, 6.07) is 98.7. The molecule has 0 saturated heterocycles. The van der Waals surface area contributed by atoms with E-state index in [1.54, 1.807) is 0 Å². The Morgan fingerprint density at radius 3 is 1.32 bits per heavy atom. The first-order chi connectivity index (χ1) is 35.2. The van der Waals surface area contributed by atoms with Gasteiger partial charge in [-0.1, -0.05) is 194 Å². The highest BCUT2D eigenvalue weighted by molar-refractivity contribution is 6.07. The van der Waals surface area contributed by atoms with Crippen molar-refractivity contribution in [3.63, 3.8) is 0 Å². The molecule has 0 radical (unpaired) electrons. The van der Waals surface area contributed by atoms with E-state index < -0.39 is 10.8 Å². The summed E-state index contributed by atoms with van der Waals surface area (Å²) >= 11 is 0. The van der Waals surface area contributed by atoms with Gasteiger partial charge in [0, 0.05) is 33.5 Å². The van der Waals surface area contributed by atoms with Crippen LogP contribution < -0.4 is 9.80 Å². The molecular formula is C68H44N2O. The number of benzene rings is 11. The van der Waals surface area contributed by atoms with Crippen molar-refractivity contribution in [3.8, 4) is 22.3 Å². The first kappa shape index (κ1) is 39.8. The molecule has 0 fully saturated rings. The van der Waals surface area contributed by atoms with E-state index in [4.69, 9.17) is 4.42 Å². The van der Waals surface area contributed by atoms with E-state index in [0.29, 0.717) is 0 Å². The fraction of sp³-hybridized carbons (Fsp3) is 0.0294. The Balaban J connectivity index is 1.02. The maximum atomic E-state index is 6.48. The van der Waals surface area contributed by atoms with Gasteiger partial charge in [0.25, 0.3) is 0 Å². The number of hydrogen-bond donors (Lipinski definition) is 0. The van der Waals surface area contributed by atoms with E-state index in [0.717, 1.165) is 44.7 Å². The van der Waals surface area contributed by atoms with Gasteiger partial charge >= 0.3 is 0 Å². The van der Waals surface area contributed by atoms with E-state index in [9.17, 15) is 0 Å². The lowest BCUT2D eigenvalue weighted by Gasteiger charge is -2.45. The predicted molar refractivity (Wildman–Crippen MR) is 291 cm³/mol. The summed E-state index contributed by atoms with van der Waals surface area (Å²) in [7, 11) is 0. The Bertz CT molecular complexity index is 3990. The Morgan fingerprint density at radius 2 is 0.718 bits per heavy atom. The van der Waals surface area contributed by atoms with Crippen LogP contribution in [-0.4, -0.2) is 0 Å². The molecular weight excluding hydrogens is 861 g/mol. The van der Waals surface area contributed by atoms with Crippen molar-refractivity contribution in [1.82, 2.24) is 0 Å². The summed E-state index contributed by atoms with van der Waals surface area (Å²) in [5, 5.41) is 2.18. The molecule has 11 aromatic carbocycles. The topological polar surface area (TPSA) is 19.6 Å². The number of nitrogens with zero attached hydrogens (tertiary/aromatic N) is 2. The van der Waals surface area contributed by atoms with Crippen LogP contribution in [0.1, 0.15) is 44.5 Å². The van der Waals surface area contributed by atoms with Gasteiger partial charge in [0.15, 0.2) is 0 Å². The molecule has 1 aliphatic heterocycles. The number of hydrogen-bond acceptors (Lipinski definition) is 3. The number of fused-ring (bicyclic) bond motifs is 15. The lowest BCUT2D eigenvalue weighted by Crippen LogP contribution is -2.36. The van der Waals surface area contributed by atoms with Gasteiger partial charge in [0.2, 0.25) is 0 Å². The smallest absolute Gasteiger partial charge is 0.135 e. The molecule has 3 heteroatoms. The molecule has 1 spiro atoms. The summed E-state index contributed by atoms with van der Waals surface area (Å²) in [4.78, 5) is 4.94. The van der Waals surface area contributed by atoms with Gasteiger partial charge in [0.1, 0.15) is 11.2 Å². The fourth-order valence-corrected chi connectivity index (χ4v) is 13.0. The number of anilines is 6. The molecule has 12 aromatic rings. The largest absolute Gasteiger partial charge is 0.456 e. The molecule has 15 rings (SSSR count). The van der Waals surface area contributed by atoms with Crippen molar-refractivity contribution in [1.29, 1.82) is 0 Å². The van der Waals surface area contributed by atoms with Gasteiger partial charge in [-0.25, -0.2) is 0 Å². The maximum Gasteiger partial charge on any atom is 0.135 e. The lowest BCUT2D eigenvalue weighted by molar-refractivity contribution is 0.669. The van der Waals surface area contributed by atoms with Gasteiger partial charge in [-0.15, -0.1) is 0 Å². The average molecular weight is 905 g/mol. The van der Waals surface area contributed by atoms with Gasteiger partial charge in [-0.3, -0.25) is 0 Å². The lowest BCUT2D eigenvalue weighted by atomic mass is 9.64. The first-order valence-electron chi connectivity index (χ1n) is 24.6. The van der Waals surface area contributed by atoms with Crippen LogP contribution in [0.15, 0.2) is 271 Å². The van der Waals surface area contributed by atoms with Crippen LogP contribution in [0.3, 0.4) is 0 Å². The van der Waals surface area contributed by atoms with Crippen LogP contribution in [0.5, 0.6) is 0 Å². The predicted octanol–water partition coefficient (Wildman–Crippen LogP) is 17.6. The molecule has 0 amide bonds. The van der Waals surface area contributed by atoms with Gasteiger partial charge < -0.3 is 14.2 Å². The third-order valence-corrected chi connectivity index (χ3v) is 15.7. The minimum Gasteiger partial charge on any atom is -0.456 e. The normalized spacial score (nSPS) is 14.1. The summed E-state index contributed by atoms with van der Waals surface area (Å²) < 4.78 is 6.48. The second-order valence-electron chi connectivity index (χ2n) is 19.1.